The van der Waals surface area contributed by atoms with Gasteiger partial charge in [-0.3, -0.25) is 15.1 Å². The second-order valence-electron chi connectivity index (χ2n) is 5.46. The van der Waals surface area contributed by atoms with Crippen LogP contribution in [-0.4, -0.2) is 22.5 Å². The van der Waals surface area contributed by atoms with Gasteiger partial charge in [-0.1, -0.05) is 17.7 Å². The van der Waals surface area contributed by atoms with Crippen LogP contribution < -0.4 is 10.1 Å². The predicted octanol–water partition coefficient (Wildman–Crippen LogP) is 4.49. The topological polar surface area (TPSA) is 64.1 Å². The number of hydrogen-bond donors (Lipinski definition) is 1. The Morgan fingerprint density at radius 2 is 2.00 bits per heavy atom. The molecule has 128 valence electrons. The van der Waals surface area contributed by atoms with E-state index in [4.69, 9.17) is 16.3 Å². The molecule has 3 rings (SSSR count). The number of aryl methyl sites for hydroxylation is 2. The molecule has 1 aromatic carbocycles. The van der Waals surface area contributed by atoms with Crippen molar-refractivity contribution < 1.29 is 9.53 Å². The van der Waals surface area contributed by atoms with Crippen LogP contribution in [-0.2, 0) is 4.79 Å². The zero-order valence-electron chi connectivity index (χ0n) is 13.7. The van der Waals surface area contributed by atoms with Crippen LogP contribution in [0.15, 0.2) is 41.9 Å². The van der Waals surface area contributed by atoms with Crippen LogP contribution in [0.4, 0.5) is 5.13 Å². The second kappa shape index (κ2) is 7.63. The van der Waals surface area contributed by atoms with Gasteiger partial charge in [0.25, 0.3) is 5.91 Å². The number of nitrogens with zero attached hydrogens (tertiary/aromatic N) is 2. The van der Waals surface area contributed by atoms with Gasteiger partial charge >= 0.3 is 0 Å². The van der Waals surface area contributed by atoms with Crippen LogP contribution in [0.1, 0.15) is 11.1 Å². The molecule has 25 heavy (non-hydrogen) atoms. The largest absolute Gasteiger partial charge is 0.483 e. The van der Waals surface area contributed by atoms with Crippen molar-refractivity contribution in [1.29, 1.82) is 0 Å². The van der Waals surface area contributed by atoms with Crippen molar-refractivity contribution >= 4 is 34.0 Å². The van der Waals surface area contributed by atoms with Gasteiger partial charge in [-0.15, -0.1) is 11.3 Å². The zero-order chi connectivity index (χ0) is 17.8. The maximum Gasteiger partial charge on any atom is 0.264 e. The summed E-state index contributed by atoms with van der Waals surface area (Å²) < 4.78 is 5.64. The minimum atomic E-state index is -0.268. The summed E-state index contributed by atoms with van der Waals surface area (Å²) in [5.41, 5.74) is 3.28. The van der Waals surface area contributed by atoms with Gasteiger partial charge in [-0.25, -0.2) is 4.98 Å². The van der Waals surface area contributed by atoms with Crippen LogP contribution in [0.5, 0.6) is 5.75 Å². The van der Waals surface area contributed by atoms with Crippen molar-refractivity contribution in [2.75, 3.05) is 11.9 Å². The molecule has 0 spiro atoms. The Labute approximate surface area is 154 Å². The van der Waals surface area contributed by atoms with E-state index >= 15 is 0 Å². The van der Waals surface area contributed by atoms with Crippen molar-refractivity contribution in [2.45, 2.75) is 13.8 Å². The lowest BCUT2D eigenvalue weighted by Crippen LogP contribution is -2.20. The summed E-state index contributed by atoms with van der Waals surface area (Å²) in [4.78, 5) is 20.7. The van der Waals surface area contributed by atoms with E-state index in [2.05, 4.69) is 15.3 Å². The van der Waals surface area contributed by atoms with Gasteiger partial charge in [0.05, 0.1) is 5.69 Å². The minimum Gasteiger partial charge on any atom is -0.483 e. The number of thiazole rings is 1. The first-order chi connectivity index (χ1) is 12.0. The highest BCUT2D eigenvalue weighted by molar-refractivity contribution is 7.14. The average Bonchev–Trinajstić information content (AvgIpc) is 3.03. The van der Waals surface area contributed by atoms with Crippen LogP contribution in [0, 0.1) is 13.8 Å². The molecular formula is C18H16ClN3O2S. The van der Waals surface area contributed by atoms with Gasteiger partial charge in [0.2, 0.25) is 0 Å². The summed E-state index contributed by atoms with van der Waals surface area (Å²) in [6.45, 7) is 3.69. The number of nitrogens with one attached hydrogen (secondary N) is 1. The summed E-state index contributed by atoms with van der Waals surface area (Å²) in [5.74, 6) is 0.406. The molecule has 7 heteroatoms. The Bertz CT molecular complexity index is 873. The van der Waals surface area contributed by atoms with E-state index < -0.39 is 0 Å². The Morgan fingerprint density at radius 3 is 2.68 bits per heavy atom. The molecule has 1 amide bonds. The third-order valence-electron chi connectivity index (χ3n) is 3.45. The van der Waals surface area contributed by atoms with Crippen LogP contribution in [0.2, 0.25) is 5.02 Å². The third-order valence-corrected chi connectivity index (χ3v) is 4.43. The van der Waals surface area contributed by atoms with Crippen LogP contribution in [0.25, 0.3) is 11.4 Å². The molecule has 0 saturated heterocycles. The number of hydrogen-bond acceptors (Lipinski definition) is 5. The molecule has 0 aliphatic carbocycles. The number of rotatable bonds is 5. The number of benzene rings is 1. The minimum absolute atomic E-state index is 0.0954. The smallest absolute Gasteiger partial charge is 0.264 e. The molecule has 0 saturated carbocycles. The third kappa shape index (κ3) is 4.35. The molecule has 0 radical (unpaired) electrons. The Morgan fingerprint density at radius 1 is 1.24 bits per heavy atom. The molecule has 2 heterocycles. The van der Waals surface area contributed by atoms with Crippen molar-refractivity contribution in [1.82, 2.24) is 9.97 Å². The fourth-order valence-corrected chi connectivity index (χ4v) is 3.43. The van der Waals surface area contributed by atoms with Crippen molar-refractivity contribution in [2.24, 2.45) is 0 Å². The number of aromatic nitrogens is 2. The summed E-state index contributed by atoms with van der Waals surface area (Å²) in [7, 11) is 0. The number of halogens is 1. The van der Waals surface area contributed by atoms with Crippen molar-refractivity contribution in [3.8, 4) is 17.1 Å². The second-order valence-corrected chi connectivity index (χ2v) is 6.75. The highest BCUT2D eigenvalue weighted by Gasteiger charge is 2.11. The molecule has 0 aliphatic heterocycles. The number of carbonyl (C=O) groups is 1. The van der Waals surface area contributed by atoms with Gasteiger partial charge in [-0.05, 0) is 49.2 Å². The summed E-state index contributed by atoms with van der Waals surface area (Å²) in [6.07, 6.45) is 1.71. The van der Waals surface area contributed by atoms with E-state index in [1.807, 2.05) is 49.6 Å². The molecule has 0 unspecified atom stereocenters. The van der Waals surface area contributed by atoms with Crippen LogP contribution in [0.3, 0.4) is 0 Å². The number of ether oxygens (including phenoxy) is 1. The predicted molar refractivity (Wildman–Crippen MR) is 100 cm³/mol. The van der Waals surface area contributed by atoms with Gasteiger partial charge in [-0.2, -0.15) is 0 Å². The lowest BCUT2D eigenvalue weighted by Gasteiger charge is -2.12. The van der Waals surface area contributed by atoms with E-state index in [0.717, 1.165) is 22.5 Å². The molecule has 1 N–H and O–H groups in total. The van der Waals surface area contributed by atoms with E-state index in [1.54, 1.807) is 6.20 Å². The standard InChI is InChI=1S/C18H16ClN3O2S/c1-11-7-13(19)8-12(2)17(11)24-9-16(23)22-18-21-15(10-25-18)14-5-3-4-6-20-14/h3-8,10H,9H2,1-2H3,(H,21,22,23). The van der Waals surface area contributed by atoms with Gasteiger partial charge in [0, 0.05) is 16.6 Å². The number of anilines is 1. The lowest BCUT2D eigenvalue weighted by atomic mass is 10.1. The summed E-state index contributed by atoms with van der Waals surface area (Å²) in [5, 5.41) is 5.76. The first-order valence-electron chi connectivity index (χ1n) is 7.59. The maximum absolute atomic E-state index is 12.1. The van der Waals surface area contributed by atoms with Crippen molar-refractivity contribution in [3.05, 3.63) is 58.1 Å². The lowest BCUT2D eigenvalue weighted by molar-refractivity contribution is -0.118. The monoisotopic (exact) mass is 373 g/mol. The molecule has 2 aromatic heterocycles. The first-order valence-corrected chi connectivity index (χ1v) is 8.85. The molecule has 5 nitrogen and oxygen atoms in total. The van der Waals surface area contributed by atoms with Crippen LogP contribution >= 0.6 is 22.9 Å². The normalized spacial score (nSPS) is 10.5. The van der Waals surface area contributed by atoms with E-state index in [0.29, 0.717) is 15.9 Å². The molecule has 0 bridgehead atoms. The van der Waals surface area contributed by atoms with E-state index in [1.165, 1.54) is 11.3 Å². The number of carbonyl (C=O) groups excluding carboxylic acids is 1. The average molecular weight is 374 g/mol. The van der Waals surface area contributed by atoms with Gasteiger partial charge < -0.3 is 4.74 Å². The summed E-state index contributed by atoms with van der Waals surface area (Å²) in [6, 6.07) is 9.22. The van der Waals surface area contributed by atoms with Gasteiger partial charge in [0.1, 0.15) is 11.4 Å². The fourth-order valence-electron chi connectivity index (χ4n) is 2.38. The highest BCUT2D eigenvalue weighted by atomic mass is 35.5. The zero-order valence-corrected chi connectivity index (χ0v) is 15.3. The summed E-state index contributed by atoms with van der Waals surface area (Å²) >= 11 is 7.34. The van der Waals surface area contributed by atoms with Crippen molar-refractivity contribution in [3.63, 3.8) is 0 Å². The first kappa shape index (κ1) is 17.4. The molecule has 3 aromatic rings. The Kier molecular flexibility index (Phi) is 5.31. The molecule has 0 atom stereocenters. The fraction of sp³-hybridized carbons (Fsp3) is 0.167. The maximum atomic E-state index is 12.1. The SMILES string of the molecule is Cc1cc(Cl)cc(C)c1OCC(=O)Nc1nc(-c2ccccn2)cs1. The highest BCUT2D eigenvalue weighted by Crippen LogP contribution is 2.27. The van der Waals surface area contributed by atoms with E-state index in [9.17, 15) is 4.79 Å². The Hall–Kier alpha value is -2.44. The number of pyridine rings is 1. The molecule has 0 aliphatic rings. The number of amides is 1. The molecular weight excluding hydrogens is 358 g/mol. The Balaban J connectivity index is 1.61. The quantitative estimate of drug-likeness (QED) is 0.715. The molecule has 0 fully saturated rings. The van der Waals surface area contributed by atoms with E-state index in [-0.39, 0.29) is 12.5 Å². The van der Waals surface area contributed by atoms with Gasteiger partial charge in [0.15, 0.2) is 11.7 Å².